The Bertz CT molecular complexity index is 316. The zero-order chi connectivity index (χ0) is 9.14. The average Bonchev–Trinajstić information content (AvgIpc) is 1.94. The smallest absolute Gasteiger partial charge is 0.169 e. The third-order valence-electron chi connectivity index (χ3n) is 1.05. The van der Waals surface area contributed by atoms with Crippen LogP contribution in [-0.4, -0.2) is 10.1 Å². The molecule has 0 unspecified atom stereocenters. The Morgan fingerprint density at radius 3 is 2.75 bits per heavy atom. The van der Waals surface area contributed by atoms with E-state index in [4.69, 9.17) is 28.9 Å². The fraction of sp³-hybridized carbons (Fsp3) is 0. The van der Waals surface area contributed by atoms with Crippen LogP contribution in [0.1, 0.15) is 0 Å². The Hall–Kier alpha value is -0.580. The highest BCUT2D eigenvalue weighted by Gasteiger charge is 2.02. The summed E-state index contributed by atoms with van der Waals surface area (Å²) in [5, 5.41) is 3.58. The van der Waals surface area contributed by atoms with Crippen molar-refractivity contribution in [2.24, 2.45) is 5.73 Å². The van der Waals surface area contributed by atoms with Gasteiger partial charge < -0.3 is 11.1 Å². The maximum Gasteiger partial charge on any atom is 0.169 e. The van der Waals surface area contributed by atoms with Crippen molar-refractivity contribution in [3.63, 3.8) is 0 Å². The summed E-state index contributed by atoms with van der Waals surface area (Å²) in [5.41, 5.74) is 5.22. The van der Waals surface area contributed by atoms with Crippen LogP contribution in [0, 0.1) is 0 Å². The van der Waals surface area contributed by atoms with Crippen LogP contribution in [0.25, 0.3) is 0 Å². The summed E-state index contributed by atoms with van der Waals surface area (Å²) in [5.74, 6) is 0.411. The maximum atomic E-state index is 5.75. The molecule has 0 radical (unpaired) electrons. The number of nitrogens with zero attached hydrogens (tertiary/aromatic N) is 1. The second kappa shape index (κ2) is 3.89. The first-order valence-corrected chi connectivity index (χ1v) is 4.13. The molecule has 0 aliphatic heterocycles. The predicted molar refractivity (Wildman–Crippen MR) is 54.7 cm³/mol. The number of pyridine rings is 1. The van der Waals surface area contributed by atoms with Gasteiger partial charge in [0.15, 0.2) is 10.9 Å². The summed E-state index contributed by atoms with van der Waals surface area (Å²) >= 11 is 16.0. The molecule has 0 fully saturated rings. The highest BCUT2D eigenvalue weighted by atomic mass is 35.5. The van der Waals surface area contributed by atoms with Crippen molar-refractivity contribution >= 4 is 46.4 Å². The molecule has 1 aromatic heterocycles. The molecule has 12 heavy (non-hydrogen) atoms. The fourth-order valence-electron chi connectivity index (χ4n) is 0.623. The number of anilines is 1. The van der Waals surface area contributed by atoms with Crippen molar-refractivity contribution in [2.45, 2.75) is 0 Å². The molecule has 1 heterocycles. The molecule has 3 N–H and O–H groups in total. The van der Waals surface area contributed by atoms with Crippen molar-refractivity contribution in [2.75, 3.05) is 5.32 Å². The van der Waals surface area contributed by atoms with E-state index in [1.165, 1.54) is 6.20 Å². The van der Waals surface area contributed by atoms with Crippen LogP contribution in [0.5, 0.6) is 0 Å². The van der Waals surface area contributed by atoms with Crippen molar-refractivity contribution in [1.82, 2.24) is 4.98 Å². The molecule has 0 aromatic carbocycles. The quantitative estimate of drug-likeness (QED) is 0.714. The van der Waals surface area contributed by atoms with Gasteiger partial charge in [-0.25, -0.2) is 4.98 Å². The number of hydrogen-bond acceptors (Lipinski definition) is 2. The molecule has 0 amide bonds. The average molecular weight is 222 g/mol. The van der Waals surface area contributed by atoms with E-state index in [0.717, 1.165) is 0 Å². The van der Waals surface area contributed by atoms with Gasteiger partial charge in [-0.2, -0.15) is 0 Å². The summed E-state index contributed by atoms with van der Waals surface area (Å²) in [6.07, 6.45) is 1.45. The second-order valence-electron chi connectivity index (χ2n) is 1.97. The fourth-order valence-corrected chi connectivity index (χ4v) is 1.15. The lowest BCUT2D eigenvalue weighted by Gasteiger charge is -2.03. The number of nitrogens with one attached hydrogen (secondary N) is 1. The SMILES string of the molecule is NC(=S)Nc1ncc(Cl)cc1Cl. The van der Waals surface area contributed by atoms with E-state index in [9.17, 15) is 0 Å². The molecule has 0 bridgehead atoms. The van der Waals surface area contributed by atoms with Crippen LogP contribution in [-0.2, 0) is 0 Å². The van der Waals surface area contributed by atoms with Gasteiger partial charge >= 0.3 is 0 Å². The van der Waals surface area contributed by atoms with E-state index in [-0.39, 0.29) is 5.11 Å². The standard InChI is InChI=1S/C6H5Cl2N3S/c7-3-1-4(8)5(10-2-3)11-6(9)12/h1-2H,(H3,9,10,11,12). The summed E-state index contributed by atoms with van der Waals surface area (Å²) in [6, 6.07) is 1.55. The number of aromatic nitrogens is 1. The van der Waals surface area contributed by atoms with Crippen LogP contribution in [0.4, 0.5) is 5.82 Å². The topological polar surface area (TPSA) is 50.9 Å². The second-order valence-corrected chi connectivity index (χ2v) is 3.26. The minimum Gasteiger partial charge on any atom is -0.376 e. The first kappa shape index (κ1) is 9.51. The first-order chi connectivity index (χ1) is 5.59. The Kier molecular flexibility index (Phi) is 3.08. The van der Waals surface area contributed by atoms with Crippen LogP contribution in [0.2, 0.25) is 10.0 Å². The van der Waals surface area contributed by atoms with Gasteiger partial charge in [0.1, 0.15) is 0 Å². The predicted octanol–water partition coefficient (Wildman–Crippen LogP) is 2.04. The molecule has 1 aromatic rings. The Morgan fingerprint density at radius 1 is 1.58 bits per heavy atom. The Balaban J connectivity index is 2.93. The number of nitrogens with two attached hydrogens (primary N) is 1. The van der Waals surface area contributed by atoms with Crippen LogP contribution in [0.3, 0.4) is 0 Å². The summed E-state index contributed by atoms with van der Waals surface area (Å²) < 4.78 is 0. The van der Waals surface area contributed by atoms with Gasteiger partial charge in [-0.1, -0.05) is 23.2 Å². The molecule has 6 heteroatoms. The summed E-state index contributed by atoms with van der Waals surface area (Å²) in [4.78, 5) is 3.88. The minimum absolute atomic E-state index is 0.117. The molecule has 0 saturated heterocycles. The zero-order valence-corrected chi connectivity index (χ0v) is 8.17. The molecule has 0 saturated carbocycles. The lowest BCUT2D eigenvalue weighted by Crippen LogP contribution is -2.19. The minimum atomic E-state index is 0.117. The molecule has 0 aliphatic carbocycles. The van der Waals surface area contributed by atoms with Gasteiger partial charge in [0.05, 0.1) is 10.0 Å². The van der Waals surface area contributed by atoms with Gasteiger partial charge in [-0.15, -0.1) is 0 Å². The van der Waals surface area contributed by atoms with E-state index < -0.39 is 0 Å². The van der Waals surface area contributed by atoms with E-state index in [0.29, 0.717) is 15.9 Å². The van der Waals surface area contributed by atoms with Crippen molar-refractivity contribution in [1.29, 1.82) is 0 Å². The third-order valence-corrected chi connectivity index (χ3v) is 1.65. The highest BCUT2D eigenvalue weighted by molar-refractivity contribution is 7.80. The van der Waals surface area contributed by atoms with Gasteiger partial charge in [0.2, 0.25) is 0 Å². The number of rotatable bonds is 1. The monoisotopic (exact) mass is 221 g/mol. The van der Waals surface area contributed by atoms with Crippen molar-refractivity contribution in [3.05, 3.63) is 22.3 Å². The van der Waals surface area contributed by atoms with Gasteiger partial charge in [0.25, 0.3) is 0 Å². The van der Waals surface area contributed by atoms with Crippen LogP contribution in [0.15, 0.2) is 12.3 Å². The summed E-state index contributed by atoms with van der Waals surface area (Å²) in [6.45, 7) is 0. The van der Waals surface area contributed by atoms with Crippen molar-refractivity contribution < 1.29 is 0 Å². The summed E-state index contributed by atoms with van der Waals surface area (Å²) in [7, 11) is 0. The molecular weight excluding hydrogens is 217 g/mol. The van der Waals surface area contributed by atoms with Gasteiger partial charge in [0, 0.05) is 6.20 Å². The lowest BCUT2D eigenvalue weighted by molar-refractivity contribution is 1.32. The van der Waals surface area contributed by atoms with E-state index in [1.54, 1.807) is 6.07 Å². The van der Waals surface area contributed by atoms with E-state index >= 15 is 0 Å². The molecule has 1 rings (SSSR count). The van der Waals surface area contributed by atoms with Crippen LogP contribution < -0.4 is 11.1 Å². The Morgan fingerprint density at radius 2 is 2.25 bits per heavy atom. The first-order valence-electron chi connectivity index (χ1n) is 2.97. The van der Waals surface area contributed by atoms with E-state index in [1.807, 2.05) is 0 Å². The molecule has 0 spiro atoms. The third kappa shape index (κ3) is 2.48. The lowest BCUT2D eigenvalue weighted by atomic mass is 10.4. The van der Waals surface area contributed by atoms with Crippen LogP contribution >= 0.6 is 35.4 Å². The molecule has 0 aliphatic rings. The zero-order valence-electron chi connectivity index (χ0n) is 5.84. The molecular formula is C6H5Cl2N3S. The van der Waals surface area contributed by atoms with Gasteiger partial charge in [-0.05, 0) is 18.3 Å². The normalized spacial score (nSPS) is 9.50. The van der Waals surface area contributed by atoms with Gasteiger partial charge in [-0.3, -0.25) is 0 Å². The number of thiocarbonyl (C=S) groups is 1. The molecule has 64 valence electrons. The largest absolute Gasteiger partial charge is 0.376 e. The molecule has 0 atom stereocenters. The highest BCUT2D eigenvalue weighted by Crippen LogP contribution is 2.21. The maximum absolute atomic E-state index is 5.75. The number of hydrogen-bond donors (Lipinski definition) is 2. The Labute approximate surface area is 84.9 Å². The number of halogens is 2. The van der Waals surface area contributed by atoms with E-state index in [2.05, 4.69) is 22.5 Å². The van der Waals surface area contributed by atoms with Crippen molar-refractivity contribution in [3.8, 4) is 0 Å². The molecule has 3 nitrogen and oxygen atoms in total.